The zero-order valence-electron chi connectivity index (χ0n) is 21.2. The number of nitrogens with one attached hydrogen (secondary N) is 2. The summed E-state index contributed by atoms with van der Waals surface area (Å²) < 4.78 is 56.4. The first-order valence-corrected chi connectivity index (χ1v) is 14.8. The lowest BCUT2D eigenvalue weighted by atomic mass is 10.0. The van der Waals surface area contributed by atoms with Crippen molar-refractivity contribution < 1.29 is 16.8 Å². The van der Waals surface area contributed by atoms with Crippen LogP contribution in [0.25, 0.3) is 0 Å². The molecular weight excluding hydrogens is 504 g/mol. The van der Waals surface area contributed by atoms with E-state index < -0.39 is 20.0 Å². The molecule has 0 atom stereocenters. The molecule has 4 rings (SSSR count). The number of sulfonamides is 2. The molecule has 0 spiro atoms. The lowest BCUT2D eigenvalue weighted by molar-refractivity contribution is 0.599. The normalized spacial score (nSPS) is 11.8. The van der Waals surface area contributed by atoms with Gasteiger partial charge in [0, 0.05) is 0 Å². The zero-order chi connectivity index (χ0) is 26.8. The lowest BCUT2D eigenvalue weighted by Gasteiger charge is -2.14. The first-order chi connectivity index (χ1) is 17.4. The smallest absolute Gasteiger partial charge is 0.261 e. The lowest BCUT2D eigenvalue weighted by Crippen LogP contribution is -2.14. The molecule has 0 bridgehead atoms. The highest BCUT2D eigenvalue weighted by Gasteiger charge is 2.17. The third-order valence-corrected chi connectivity index (χ3v) is 8.90. The Morgan fingerprint density at radius 1 is 0.514 bits per heavy atom. The van der Waals surface area contributed by atoms with Gasteiger partial charge in [0.1, 0.15) is 0 Å². The van der Waals surface area contributed by atoms with Gasteiger partial charge in [0.2, 0.25) is 0 Å². The van der Waals surface area contributed by atoms with Crippen LogP contribution in [0, 0.1) is 27.7 Å². The standard InChI is InChI=1S/C29H30N2O4S2/c1-20-5-11-26(12-6-20)36(32,33)30-28-15-9-24(17-22(28)3)19-25-10-16-29(23(4)18-25)31-37(34,35)27-13-7-21(2)8-14-27/h5-18,30-31H,19H2,1-4H3. The second-order valence-electron chi connectivity index (χ2n) is 9.31. The van der Waals surface area contributed by atoms with Crippen molar-refractivity contribution in [3.05, 3.63) is 118 Å². The van der Waals surface area contributed by atoms with Gasteiger partial charge in [-0.3, -0.25) is 9.44 Å². The molecule has 37 heavy (non-hydrogen) atoms. The van der Waals surface area contributed by atoms with Crippen LogP contribution in [0.3, 0.4) is 0 Å². The van der Waals surface area contributed by atoms with E-state index in [4.69, 9.17) is 0 Å². The second-order valence-corrected chi connectivity index (χ2v) is 12.7. The predicted octanol–water partition coefficient (Wildman–Crippen LogP) is 6.11. The maximum atomic E-state index is 12.8. The van der Waals surface area contributed by atoms with E-state index in [9.17, 15) is 16.8 Å². The number of rotatable bonds is 8. The molecule has 2 N–H and O–H groups in total. The molecule has 0 aromatic heterocycles. The van der Waals surface area contributed by atoms with Gasteiger partial charge < -0.3 is 0 Å². The molecule has 0 unspecified atom stereocenters. The van der Waals surface area contributed by atoms with Crippen molar-refractivity contribution in [2.75, 3.05) is 9.44 Å². The van der Waals surface area contributed by atoms with E-state index in [2.05, 4.69) is 9.44 Å². The van der Waals surface area contributed by atoms with E-state index in [1.54, 1.807) is 60.7 Å². The highest BCUT2D eigenvalue weighted by atomic mass is 32.2. The van der Waals surface area contributed by atoms with E-state index >= 15 is 0 Å². The summed E-state index contributed by atoms with van der Waals surface area (Å²) in [4.78, 5) is 0.435. The minimum absolute atomic E-state index is 0.218. The minimum Gasteiger partial charge on any atom is -0.279 e. The molecule has 0 saturated heterocycles. The minimum atomic E-state index is -3.68. The van der Waals surface area contributed by atoms with Gasteiger partial charge in [0.25, 0.3) is 20.0 Å². The number of hydrogen-bond donors (Lipinski definition) is 2. The van der Waals surface area contributed by atoms with Crippen LogP contribution >= 0.6 is 0 Å². The molecule has 0 aliphatic rings. The monoisotopic (exact) mass is 534 g/mol. The van der Waals surface area contributed by atoms with Gasteiger partial charge in [0.05, 0.1) is 21.2 Å². The van der Waals surface area contributed by atoms with Crippen LogP contribution in [0.5, 0.6) is 0 Å². The quantitative estimate of drug-likeness (QED) is 0.285. The van der Waals surface area contributed by atoms with Crippen molar-refractivity contribution in [3.63, 3.8) is 0 Å². The van der Waals surface area contributed by atoms with Gasteiger partial charge in [-0.2, -0.15) is 0 Å². The summed E-state index contributed by atoms with van der Waals surface area (Å²) in [5.74, 6) is 0. The van der Waals surface area contributed by atoms with E-state index in [1.807, 2.05) is 52.0 Å². The molecule has 0 radical (unpaired) electrons. The summed E-state index contributed by atoms with van der Waals surface area (Å²) in [7, 11) is -7.36. The summed E-state index contributed by atoms with van der Waals surface area (Å²) in [5, 5.41) is 0. The zero-order valence-corrected chi connectivity index (χ0v) is 22.9. The second kappa shape index (κ2) is 10.4. The molecule has 8 heteroatoms. The topological polar surface area (TPSA) is 92.3 Å². The summed E-state index contributed by atoms with van der Waals surface area (Å²) in [6, 6.07) is 24.7. The summed E-state index contributed by atoms with van der Waals surface area (Å²) in [5.41, 5.74) is 6.70. The molecule has 0 heterocycles. The van der Waals surface area contributed by atoms with Gasteiger partial charge in [-0.25, -0.2) is 16.8 Å². The molecule has 192 valence electrons. The Hall–Kier alpha value is -3.62. The molecular formula is C29H30N2O4S2. The van der Waals surface area contributed by atoms with Crippen LogP contribution in [-0.2, 0) is 26.5 Å². The SMILES string of the molecule is Cc1ccc(S(=O)(=O)Nc2ccc(Cc3ccc(NS(=O)(=O)c4ccc(C)cc4)c(C)c3)cc2C)cc1. The Balaban J connectivity index is 1.47. The first-order valence-electron chi connectivity index (χ1n) is 11.8. The van der Waals surface area contributed by atoms with Gasteiger partial charge in [0.15, 0.2) is 0 Å². The fourth-order valence-corrected chi connectivity index (χ4v) is 6.24. The fraction of sp³-hybridized carbons (Fsp3) is 0.172. The van der Waals surface area contributed by atoms with Gasteiger partial charge in [-0.05, 0) is 92.8 Å². The van der Waals surface area contributed by atoms with E-state index in [-0.39, 0.29) is 9.79 Å². The van der Waals surface area contributed by atoms with Crippen LogP contribution in [0.2, 0.25) is 0 Å². The first kappa shape index (κ1) is 26.4. The predicted molar refractivity (Wildman–Crippen MR) is 149 cm³/mol. The maximum absolute atomic E-state index is 12.8. The number of benzene rings is 4. The highest BCUT2D eigenvalue weighted by Crippen LogP contribution is 2.25. The van der Waals surface area contributed by atoms with Crippen molar-refractivity contribution in [3.8, 4) is 0 Å². The van der Waals surface area contributed by atoms with E-state index in [0.29, 0.717) is 17.8 Å². The average molecular weight is 535 g/mol. The van der Waals surface area contributed by atoms with Gasteiger partial charge >= 0.3 is 0 Å². The van der Waals surface area contributed by atoms with Crippen molar-refractivity contribution in [1.82, 2.24) is 0 Å². The van der Waals surface area contributed by atoms with Crippen LogP contribution in [-0.4, -0.2) is 16.8 Å². The summed E-state index contributed by atoms with van der Waals surface area (Å²) in [6.07, 6.45) is 0.623. The maximum Gasteiger partial charge on any atom is 0.261 e. The van der Waals surface area contributed by atoms with Crippen molar-refractivity contribution in [1.29, 1.82) is 0 Å². The Bertz CT molecular complexity index is 1520. The Kier molecular flexibility index (Phi) is 7.43. The van der Waals surface area contributed by atoms with Crippen LogP contribution in [0.4, 0.5) is 11.4 Å². The van der Waals surface area contributed by atoms with Gasteiger partial charge in [-0.15, -0.1) is 0 Å². The summed E-state index contributed by atoms with van der Waals surface area (Å²) >= 11 is 0. The van der Waals surface area contributed by atoms with Crippen LogP contribution in [0.15, 0.2) is 94.7 Å². The molecule has 0 aliphatic carbocycles. The molecule has 4 aromatic rings. The largest absolute Gasteiger partial charge is 0.279 e. The third kappa shape index (κ3) is 6.39. The molecule has 0 fully saturated rings. The van der Waals surface area contributed by atoms with Crippen molar-refractivity contribution in [2.45, 2.75) is 43.9 Å². The van der Waals surface area contributed by atoms with Gasteiger partial charge in [-0.1, -0.05) is 59.7 Å². The van der Waals surface area contributed by atoms with Crippen molar-refractivity contribution >= 4 is 31.4 Å². The van der Waals surface area contributed by atoms with Crippen LogP contribution < -0.4 is 9.44 Å². The number of hydrogen-bond acceptors (Lipinski definition) is 4. The highest BCUT2D eigenvalue weighted by molar-refractivity contribution is 7.93. The molecule has 0 saturated carbocycles. The molecule has 4 aromatic carbocycles. The Labute approximate surface area is 219 Å². The molecule has 0 aliphatic heterocycles. The Morgan fingerprint density at radius 3 is 1.19 bits per heavy atom. The number of anilines is 2. The Morgan fingerprint density at radius 2 is 0.865 bits per heavy atom. The molecule has 0 amide bonds. The van der Waals surface area contributed by atoms with Crippen LogP contribution in [0.1, 0.15) is 33.4 Å². The van der Waals surface area contributed by atoms with E-state index in [1.165, 1.54) is 0 Å². The summed E-state index contributed by atoms with van der Waals surface area (Å²) in [6.45, 7) is 7.55. The average Bonchev–Trinajstić information content (AvgIpc) is 2.83. The third-order valence-electron chi connectivity index (χ3n) is 6.14. The number of aryl methyl sites for hydroxylation is 4. The van der Waals surface area contributed by atoms with E-state index in [0.717, 1.165) is 33.4 Å². The van der Waals surface area contributed by atoms with Crippen molar-refractivity contribution in [2.24, 2.45) is 0 Å². The molecule has 6 nitrogen and oxygen atoms in total. The fourth-order valence-electron chi connectivity index (χ4n) is 3.98.